The fourth-order valence-corrected chi connectivity index (χ4v) is 4.12. The molecule has 5 heteroatoms. The van der Waals surface area contributed by atoms with Crippen LogP contribution in [-0.2, 0) is 9.59 Å². The fraction of sp³-hybridized carbons (Fsp3) is 0.920. The first kappa shape index (κ1) is 32.8. The van der Waals surface area contributed by atoms with E-state index in [4.69, 9.17) is 0 Å². The van der Waals surface area contributed by atoms with Gasteiger partial charge in [0.25, 0.3) is 0 Å². The molecule has 0 aliphatic rings. The maximum Gasteiger partial charge on any atom is 1.00 e. The summed E-state index contributed by atoms with van der Waals surface area (Å²) in [5, 5.41) is 19.3. The van der Waals surface area contributed by atoms with Gasteiger partial charge in [0.15, 0.2) is 5.41 Å². The van der Waals surface area contributed by atoms with Crippen molar-refractivity contribution in [1.82, 2.24) is 0 Å². The van der Waals surface area contributed by atoms with Crippen LogP contribution in [0.3, 0.4) is 0 Å². The minimum Gasteiger partial charge on any atom is -1.00 e. The van der Waals surface area contributed by atoms with E-state index < -0.39 is 17.4 Å². The van der Waals surface area contributed by atoms with E-state index in [2.05, 4.69) is 13.8 Å². The molecule has 0 saturated carbocycles. The zero-order valence-electron chi connectivity index (χ0n) is 21.4. The van der Waals surface area contributed by atoms with Gasteiger partial charge in [0.2, 0.25) is 0 Å². The molecule has 0 spiro atoms. The Morgan fingerprint density at radius 2 is 0.767 bits per heavy atom. The van der Waals surface area contributed by atoms with Gasteiger partial charge in [-0.05, 0) is 12.8 Å². The van der Waals surface area contributed by atoms with Crippen molar-refractivity contribution in [2.75, 3.05) is 0 Å². The molecule has 0 bridgehead atoms. The molecule has 174 valence electrons. The van der Waals surface area contributed by atoms with Gasteiger partial charge in [-0.3, -0.25) is 9.59 Å². The summed E-state index contributed by atoms with van der Waals surface area (Å²) in [6.07, 6.45) is 21.1. The predicted molar refractivity (Wildman–Crippen MR) is 123 cm³/mol. The molecule has 0 aromatic rings. The minimum atomic E-state index is -1.58. The van der Waals surface area contributed by atoms with Crippen molar-refractivity contribution in [1.29, 1.82) is 0 Å². The number of carbonyl (C=O) groups is 2. The molecular formula is C25H49KO4. The Bertz CT molecular complexity index is 404. The topological polar surface area (TPSA) is 74.6 Å². The number of aliphatic carboxylic acids is 2. The predicted octanol–water partition coefficient (Wildman–Crippen LogP) is 5.10. The Morgan fingerprint density at radius 1 is 0.533 bits per heavy atom. The van der Waals surface area contributed by atoms with E-state index >= 15 is 0 Å². The molecule has 0 saturated heterocycles. The first-order chi connectivity index (χ1) is 14.0. The van der Waals surface area contributed by atoms with Crippen LogP contribution < -0.4 is 51.4 Å². The molecule has 30 heavy (non-hydrogen) atoms. The van der Waals surface area contributed by atoms with Crippen molar-refractivity contribution >= 4 is 11.9 Å². The van der Waals surface area contributed by atoms with E-state index in [-0.39, 0.29) is 65.7 Å². The van der Waals surface area contributed by atoms with Gasteiger partial charge in [-0.2, -0.15) is 0 Å². The van der Waals surface area contributed by atoms with Crippen LogP contribution in [0, 0.1) is 5.41 Å². The molecule has 4 nitrogen and oxygen atoms in total. The SMILES string of the molecule is CCCCCCCCCCCCC(CCCCCCCCCC)(C(=O)O)C(=O)O.[H-].[K+]. The summed E-state index contributed by atoms with van der Waals surface area (Å²) >= 11 is 0. The molecular weight excluding hydrogens is 403 g/mol. The summed E-state index contributed by atoms with van der Waals surface area (Å²) in [6, 6.07) is 0. The van der Waals surface area contributed by atoms with Crippen LogP contribution in [0.5, 0.6) is 0 Å². The molecule has 2 N–H and O–H groups in total. The minimum absolute atomic E-state index is 0. The van der Waals surface area contributed by atoms with E-state index in [1.54, 1.807) is 0 Å². The Balaban J connectivity index is -0.00000392. The van der Waals surface area contributed by atoms with Crippen LogP contribution in [0.15, 0.2) is 0 Å². The number of hydrogen-bond donors (Lipinski definition) is 2. The molecule has 0 aliphatic heterocycles. The van der Waals surface area contributed by atoms with Crippen molar-refractivity contribution in [3.05, 3.63) is 0 Å². The van der Waals surface area contributed by atoms with E-state index in [0.717, 1.165) is 25.7 Å². The molecule has 0 radical (unpaired) electrons. The summed E-state index contributed by atoms with van der Waals surface area (Å²) in [5.74, 6) is -2.30. The number of hydrogen-bond acceptors (Lipinski definition) is 2. The normalized spacial score (nSPS) is 11.3. The monoisotopic (exact) mass is 452 g/mol. The summed E-state index contributed by atoms with van der Waals surface area (Å²) in [6.45, 7) is 4.43. The van der Waals surface area contributed by atoms with Crippen molar-refractivity contribution < 1.29 is 72.6 Å². The average molecular weight is 453 g/mol. The van der Waals surface area contributed by atoms with Gasteiger partial charge in [-0.1, -0.05) is 129 Å². The number of carboxylic acids is 2. The van der Waals surface area contributed by atoms with Gasteiger partial charge in [0.05, 0.1) is 0 Å². The van der Waals surface area contributed by atoms with Crippen LogP contribution in [0.25, 0.3) is 0 Å². The van der Waals surface area contributed by atoms with Crippen molar-refractivity contribution in [2.24, 2.45) is 5.41 Å². The summed E-state index contributed by atoms with van der Waals surface area (Å²) in [7, 11) is 0. The number of rotatable bonds is 22. The van der Waals surface area contributed by atoms with Crippen LogP contribution in [0.2, 0.25) is 0 Å². The third-order valence-electron chi connectivity index (χ3n) is 6.23. The van der Waals surface area contributed by atoms with Gasteiger partial charge >= 0.3 is 63.3 Å². The second-order valence-corrected chi connectivity index (χ2v) is 8.85. The zero-order valence-corrected chi connectivity index (χ0v) is 23.5. The van der Waals surface area contributed by atoms with E-state index in [0.29, 0.717) is 12.8 Å². The maximum atomic E-state index is 11.8. The van der Waals surface area contributed by atoms with Crippen LogP contribution in [0.4, 0.5) is 0 Å². The van der Waals surface area contributed by atoms with Crippen LogP contribution >= 0.6 is 0 Å². The van der Waals surface area contributed by atoms with Gasteiger partial charge in [-0.15, -0.1) is 0 Å². The smallest absolute Gasteiger partial charge is 1.00 e. The summed E-state index contributed by atoms with van der Waals surface area (Å²) < 4.78 is 0. The third-order valence-corrected chi connectivity index (χ3v) is 6.23. The zero-order chi connectivity index (χ0) is 21.8. The average Bonchev–Trinajstić information content (AvgIpc) is 2.69. The summed E-state index contributed by atoms with van der Waals surface area (Å²) in [5.41, 5.74) is -1.58. The Labute approximate surface area is 230 Å². The molecule has 0 atom stereocenters. The molecule has 0 aliphatic carbocycles. The van der Waals surface area contributed by atoms with Gasteiger partial charge in [0.1, 0.15) is 0 Å². The van der Waals surface area contributed by atoms with E-state index in [1.807, 2.05) is 0 Å². The Hall–Kier alpha value is 0.576. The van der Waals surface area contributed by atoms with E-state index in [1.165, 1.54) is 77.0 Å². The molecule has 0 heterocycles. The van der Waals surface area contributed by atoms with Gasteiger partial charge < -0.3 is 11.6 Å². The largest absolute Gasteiger partial charge is 1.00 e. The maximum absolute atomic E-state index is 11.8. The standard InChI is InChI=1S/C25H48O4.K.H/c1-3-5-7-9-11-13-14-16-18-20-22-25(23(26)27,24(28)29)21-19-17-15-12-10-8-6-4-2;;/h3-22H2,1-2H3,(H,26,27)(H,28,29);;/q;+1;-1. The fourth-order valence-electron chi connectivity index (χ4n) is 4.12. The molecule has 0 aromatic heterocycles. The molecule has 0 aromatic carbocycles. The first-order valence-corrected chi connectivity index (χ1v) is 12.5. The van der Waals surface area contributed by atoms with Crippen molar-refractivity contribution in [3.63, 3.8) is 0 Å². The van der Waals surface area contributed by atoms with Gasteiger partial charge in [0, 0.05) is 0 Å². The molecule has 0 rings (SSSR count). The quantitative estimate of drug-likeness (QED) is 0.136. The summed E-state index contributed by atoms with van der Waals surface area (Å²) in [4.78, 5) is 23.6. The van der Waals surface area contributed by atoms with Crippen LogP contribution in [-0.4, -0.2) is 22.2 Å². The van der Waals surface area contributed by atoms with E-state index in [9.17, 15) is 19.8 Å². The number of unbranched alkanes of at least 4 members (excludes halogenated alkanes) is 16. The molecule has 0 amide bonds. The molecule has 0 fully saturated rings. The van der Waals surface area contributed by atoms with Crippen LogP contribution in [0.1, 0.15) is 144 Å². The second kappa shape index (κ2) is 22.8. The first-order valence-electron chi connectivity index (χ1n) is 12.5. The third kappa shape index (κ3) is 16.2. The second-order valence-electron chi connectivity index (χ2n) is 8.85. The van der Waals surface area contributed by atoms with Gasteiger partial charge in [-0.25, -0.2) is 0 Å². The van der Waals surface area contributed by atoms with Crippen molar-refractivity contribution in [3.8, 4) is 0 Å². The van der Waals surface area contributed by atoms with Crippen molar-refractivity contribution in [2.45, 2.75) is 142 Å². The Kier molecular flexibility index (Phi) is 24.8. The Morgan fingerprint density at radius 3 is 1.00 bits per heavy atom. The molecule has 0 unspecified atom stereocenters. The number of carboxylic acid groups (broad SMARTS) is 2.